The highest BCUT2D eigenvalue weighted by Gasteiger charge is 2.58. The second-order valence-electron chi connectivity index (χ2n) is 13.4. The summed E-state index contributed by atoms with van der Waals surface area (Å²) in [5, 5.41) is 22.8. The van der Waals surface area contributed by atoms with Crippen molar-refractivity contribution in [2.75, 3.05) is 36.0 Å². The second-order valence-corrected chi connectivity index (χ2v) is 13.4. The molecule has 0 amide bonds. The number of hydrogen-bond acceptors (Lipinski definition) is 9. The molecule has 0 aliphatic carbocycles. The van der Waals surface area contributed by atoms with Gasteiger partial charge in [0.2, 0.25) is 0 Å². The van der Waals surface area contributed by atoms with E-state index >= 15 is 8.78 Å². The number of rotatable bonds is 10. The lowest BCUT2D eigenvalue weighted by Crippen LogP contribution is -2.52. The largest absolute Gasteiger partial charge is 0.391 e. The number of pyridine rings is 1. The third-order valence-electron chi connectivity index (χ3n) is 10.2. The molecule has 4 heterocycles. The average molecular weight is 745 g/mol. The van der Waals surface area contributed by atoms with Gasteiger partial charge in [-0.25, -0.2) is 32.7 Å². The van der Waals surface area contributed by atoms with E-state index in [1.807, 2.05) is 53.6 Å². The molecular formula is C37H36F4N10O3. The van der Waals surface area contributed by atoms with Crippen molar-refractivity contribution < 1.29 is 22.7 Å². The van der Waals surface area contributed by atoms with Gasteiger partial charge in [0, 0.05) is 60.9 Å². The molecule has 6 aromatic rings. The number of halogens is 4. The number of piperazine rings is 1. The second kappa shape index (κ2) is 14.0. The summed E-state index contributed by atoms with van der Waals surface area (Å²) in [6, 6.07) is 19.5. The number of hydrogen-bond donors (Lipinski definition) is 2. The minimum Gasteiger partial charge on any atom is -0.391 e. The molecule has 3 aromatic carbocycles. The molecule has 1 fully saturated rings. The number of aromatic amines is 1. The summed E-state index contributed by atoms with van der Waals surface area (Å²) >= 11 is 0. The zero-order valence-corrected chi connectivity index (χ0v) is 29.4. The first-order valence-electron chi connectivity index (χ1n) is 17.2. The van der Waals surface area contributed by atoms with Gasteiger partial charge in [-0.05, 0) is 85.3 Å². The Morgan fingerprint density at radius 3 is 1.94 bits per heavy atom. The van der Waals surface area contributed by atoms with Crippen molar-refractivity contribution in [1.29, 1.82) is 0 Å². The van der Waals surface area contributed by atoms with Crippen molar-refractivity contribution in [2.24, 2.45) is 0 Å². The molecule has 2 N–H and O–H groups in total. The first kappa shape index (κ1) is 36.3. The van der Waals surface area contributed by atoms with Gasteiger partial charge in [0.25, 0.3) is 0 Å². The number of anilines is 2. The van der Waals surface area contributed by atoms with E-state index < -0.39 is 52.2 Å². The molecule has 0 saturated carbocycles. The third kappa shape index (κ3) is 6.33. The molecule has 1 aliphatic heterocycles. The molecule has 17 heteroatoms. The third-order valence-corrected chi connectivity index (χ3v) is 10.2. The highest BCUT2D eigenvalue weighted by Crippen LogP contribution is 2.47. The van der Waals surface area contributed by atoms with Crippen molar-refractivity contribution in [3.05, 3.63) is 135 Å². The molecule has 1 aliphatic rings. The SMILES string of the molecule is CC(O)C(C)n1ncn(-c2ccc(N3CCN(c4ccc(-c5ccc(C(F)(F)[C@@](C)(c6ccc(F)cc6F)n6nn[nH]c6=O)nc5)cc4)CC3)cc2)c1=O. The van der Waals surface area contributed by atoms with Crippen LogP contribution in [-0.4, -0.2) is 76.9 Å². The number of aliphatic hydroxyl groups is 1. The zero-order chi connectivity index (χ0) is 38.4. The number of aliphatic hydroxyl groups excluding tert-OH is 1. The molecule has 0 radical (unpaired) electrons. The van der Waals surface area contributed by atoms with Gasteiger partial charge in [0.15, 0.2) is 5.54 Å². The van der Waals surface area contributed by atoms with E-state index in [0.29, 0.717) is 22.0 Å². The topological polar surface area (TPSA) is 143 Å². The maximum atomic E-state index is 16.4. The van der Waals surface area contributed by atoms with Crippen molar-refractivity contribution in [2.45, 2.75) is 44.4 Å². The van der Waals surface area contributed by atoms with Crippen molar-refractivity contribution in [3.8, 4) is 16.8 Å². The lowest BCUT2D eigenvalue weighted by molar-refractivity contribution is -0.104. The quantitative estimate of drug-likeness (QED) is 0.194. The number of nitrogens with zero attached hydrogens (tertiary/aromatic N) is 9. The maximum absolute atomic E-state index is 16.4. The number of aromatic nitrogens is 8. The summed E-state index contributed by atoms with van der Waals surface area (Å²) in [6.07, 6.45) is 2.00. The van der Waals surface area contributed by atoms with Crippen molar-refractivity contribution in [1.82, 2.24) is 39.5 Å². The summed E-state index contributed by atoms with van der Waals surface area (Å²) in [5.74, 6) is -6.27. The summed E-state index contributed by atoms with van der Waals surface area (Å²) in [7, 11) is 0. The van der Waals surface area contributed by atoms with Crippen molar-refractivity contribution in [3.63, 3.8) is 0 Å². The number of tetrazole rings is 1. The Hall–Kier alpha value is -6.10. The highest BCUT2D eigenvalue weighted by atomic mass is 19.3. The normalized spacial score (nSPS) is 15.9. The van der Waals surface area contributed by atoms with E-state index in [1.165, 1.54) is 27.8 Å². The van der Waals surface area contributed by atoms with E-state index in [-0.39, 0.29) is 5.69 Å². The van der Waals surface area contributed by atoms with Gasteiger partial charge in [-0.2, -0.15) is 18.6 Å². The molecular weight excluding hydrogens is 708 g/mol. The monoisotopic (exact) mass is 744 g/mol. The molecule has 3 aromatic heterocycles. The smallest absolute Gasteiger partial charge is 0.362 e. The minimum absolute atomic E-state index is 0.326. The molecule has 3 atom stereocenters. The van der Waals surface area contributed by atoms with Crippen LogP contribution in [0.4, 0.5) is 28.9 Å². The Balaban J connectivity index is 1.02. The fourth-order valence-electron chi connectivity index (χ4n) is 6.68. The van der Waals surface area contributed by atoms with E-state index in [4.69, 9.17) is 0 Å². The predicted molar refractivity (Wildman–Crippen MR) is 192 cm³/mol. The van der Waals surface area contributed by atoms with E-state index in [9.17, 15) is 23.5 Å². The lowest BCUT2D eigenvalue weighted by Gasteiger charge is -2.37. The van der Waals surface area contributed by atoms with Crippen LogP contribution in [0.2, 0.25) is 0 Å². The van der Waals surface area contributed by atoms with Crippen LogP contribution in [0.1, 0.15) is 38.1 Å². The van der Waals surface area contributed by atoms with Gasteiger partial charge >= 0.3 is 17.3 Å². The van der Waals surface area contributed by atoms with Crippen LogP contribution in [0.3, 0.4) is 0 Å². The zero-order valence-electron chi connectivity index (χ0n) is 29.4. The Bertz CT molecular complexity index is 2370. The lowest BCUT2D eigenvalue weighted by atomic mass is 9.83. The molecule has 7 rings (SSSR count). The average Bonchev–Trinajstić information content (AvgIpc) is 3.79. The molecule has 1 saturated heterocycles. The first-order chi connectivity index (χ1) is 25.8. The van der Waals surface area contributed by atoms with Crippen LogP contribution < -0.4 is 21.2 Å². The number of benzene rings is 3. The Kier molecular flexibility index (Phi) is 9.43. The van der Waals surface area contributed by atoms with Gasteiger partial charge in [-0.15, -0.1) is 0 Å². The van der Waals surface area contributed by atoms with Crippen LogP contribution in [0, 0.1) is 11.6 Å². The predicted octanol–water partition coefficient (Wildman–Crippen LogP) is 4.48. The number of alkyl halides is 2. The molecule has 54 heavy (non-hydrogen) atoms. The van der Waals surface area contributed by atoms with Crippen LogP contribution in [0.5, 0.6) is 0 Å². The van der Waals surface area contributed by atoms with Gasteiger partial charge in [-0.3, -0.25) is 4.98 Å². The molecule has 13 nitrogen and oxygen atoms in total. The molecule has 0 spiro atoms. The van der Waals surface area contributed by atoms with Crippen LogP contribution >= 0.6 is 0 Å². The Morgan fingerprint density at radius 1 is 0.815 bits per heavy atom. The van der Waals surface area contributed by atoms with Crippen LogP contribution in [0.15, 0.2) is 101 Å². The van der Waals surface area contributed by atoms with E-state index in [2.05, 4.69) is 30.3 Å². The standard InChI is InChI=1S/C37H36F4N10O3/c1-23(24(2)52)50-35(54)49(22-43-50)30-12-10-29(11-13-30)48-18-16-47(17-19-48)28-8-4-25(5-9-28)26-6-15-33(42-21-26)37(40,41)36(3,51-34(53)44-45-46-51)31-14-7-27(38)20-32(31)39/h4-15,20-24,52H,16-19H2,1-3H3,(H,44,46,53)/t23?,24?,36-/m1/s1. The first-order valence-corrected chi connectivity index (χ1v) is 17.2. The summed E-state index contributed by atoms with van der Waals surface area (Å²) in [5.41, 5.74) is -1.68. The van der Waals surface area contributed by atoms with Crippen molar-refractivity contribution >= 4 is 11.4 Å². The van der Waals surface area contributed by atoms with Gasteiger partial charge in [-0.1, -0.05) is 24.3 Å². The molecule has 0 bridgehead atoms. The molecule has 280 valence electrons. The van der Waals surface area contributed by atoms with Gasteiger partial charge < -0.3 is 14.9 Å². The minimum atomic E-state index is -4.01. The summed E-state index contributed by atoms with van der Waals surface area (Å²) < 4.78 is 64.6. The maximum Gasteiger partial charge on any atom is 0.362 e. The fourth-order valence-corrected chi connectivity index (χ4v) is 6.68. The van der Waals surface area contributed by atoms with Crippen LogP contribution in [0.25, 0.3) is 16.8 Å². The van der Waals surface area contributed by atoms with Gasteiger partial charge in [0.1, 0.15) is 23.7 Å². The molecule has 2 unspecified atom stereocenters. The summed E-state index contributed by atoms with van der Waals surface area (Å²) in [4.78, 5) is 33.8. The Morgan fingerprint density at radius 2 is 1.41 bits per heavy atom. The summed E-state index contributed by atoms with van der Waals surface area (Å²) in [6.45, 7) is 7.27. The van der Waals surface area contributed by atoms with E-state index in [0.717, 1.165) is 68.2 Å². The fraction of sp³-hybridized carbons (Fsp3) is 0.297. The highest BCUT2D eigenvalue weighted by molar-refractivity contribution is 5.66. The Labute approximate surface area is 305 Å². The van der Waals surface area contributed by atoms with Crippen LogP contribution in [-0.2, 0) is 11.5 Å². The number of H-pyrrole nitrogens is 1. The number of nitrogens with one attached hydrogen (secondary N) is 1. The van der Waals surface area contributed by atoms with Gasteiger partial charge in [0.05, 0.1) is 17.8 Å². The van der Waals surface area contributed by atoms with E-state index in [1.54, 1.807) is 13.8 Å².